The summed E-state index contributed by atoms with van der Waals surface area (Å²) in [6.07, 6.45) is 4.40. The van der Waals surface area contributed by atoms with Gasteiger partial charge in [-0.15, -0.1) is 0 Å². The maximum absolute atomic E-state index is 13.2. The number of rotatable bonds is 5. The van der Waals surface area contributed by atoms with Gasteiger partial charge in [0.25, 0.3) is 0 Å². The van der Waals surface area contributed by atoms with Crippen LogP contribution >= 0.6 is 0 Å². The lowest BCUT2D eigenvalue weighted by Gasteiger charge is -2.23. The number of hydrogen-bond donors (Lipinski definition) is 2. The van der Waals surface area contributed by atoms with E-state index >= 15 is 0 Å². The molecule has 3 aromatic rings. The lowest BCUT2D eigenvalue weighted by Crippen LogP contribution is -2.36. The highest BCUT2D eigenvalue weighted by Crippen LogP contribution is 2.31. The summed E-state index contributed by atoms with van der Waals surface area (Å²) in [7, 11) is -3.70. The van der Waals surface area contributed by atoms with E-state index in [0.29, 0.717) is 23.2 Å². The first-order valence-corrected chi connectivity index (χ1v) is 11.9. The Balaban J connectivity index is 1.81. The Morgan fingerprint density at radius 1 is 1.10 bits per heavy atom. The Labute approximate surface area is 176 Å². The van der Waals surface area contributed by atoms with Gasteiger partial charge in [-0.2, -0.15) is 0 Å². The predicted molar refractivity (Wildman–Crippen MR) is 117 cm³/mol. The fourth-order valence-corrected chi connectivity index (χ4v) is 5.97. The molecule has 1 aliphatic rings. The molecule has 1 aliphatic carbocycles. The van der Waals surface area contributed by atoms with Gasteiger partial charge in [-0.25, -0.2) is 22.5 Å². The molecule has 0 spiro atoms. The van der Waals surface area contributed by atoms with E-state index in [1.54, 1.807) is 36.4 Å². The summed E-state index contributed by atoms with van der Waals surface area (Å²) in [5.41, 5.74) is 2.32. The van der Waals surface area contributed by atoms with Crippen molar-refractivity contribution in [1.29, 1.82) is 0 Å². The van der Waals surface area contributed by atoms with Gasteiger partial charge < -0.3 is 5.11 Å². The van der Waals surface area contributed by atoms with E-state index in [1.165, 1.54) is 4.57 Å². The number of sulfonamides is 1. The fourth-order valence-electron chi connectivity index (χ4n) is 4.33. The highest BCUT2D eigenvalue weighted by Gasteiger charge is 2.25. The molecule has 0 saturated heterocycles. The maximum Gasteiger partial charge on any atom is 0.416 e. The number of aromatic nitrogens is 1. The van der Waals surface area contributed by atoms with Crippen LogP contribution in [-0.2, 0) is 16.4 Å². The highest BCUT2D eigenvalue weighted by atomic mass is 32.2. The normalized spacial score (nSPS) is 15.5. The van der Waals surface area contributed by atoms with E-state index in [4.69, 9.17) is 0 Å². The van der Waals surface area contributed by atoms with Gasteiger partial charge in [0.05, 0.1) is 16.1 Å². The van der Waals surface area contributed by atoms with Crippen LogP contribution < -0.4 is 4.72 Å². The number of hydrogen-bond acceptors (Lipinski definition) is 3. The van der Waals surface area contributed by atoms with E-state index in [-0.39, 0.29) is 10.9 Å². The van der Waals surface area contributed by atoms with Crippen LogP contribution in [-0.4, -0.2) is 30.2 Å². The second kappa shape index (κ2) is 8.24. The molecule has 7 heteroatoms. The Hall–Kier alpha value is -2.64. The maximum atomic E-state index is 13.2. The van der Waals surface area contributed by atoms with E-state index in [0.717, 1.165) is 43.1 Å². The number of aryl methyl sites for hydroxylation is 1. The third-order valence-electron chi connectivity index (χ3n) is 5.86. The third-order valence-corrected chi connectivity index (χ3v) is 7.47. The smallest absolute Gasteiger partial charge is 0.416 e. The molecule has 1 saturated carbocycles. The molecule has 2 N–H and O–H groups in total. The van der Waals surface area contributed by atoms with Crippen LogP contribution in [0.25, 0.3) is 22.2 Å². The molecule has 0 amide bonds. The Morgan fingerprint density at radius 2 is 1.83 bits per heavy atom. The standard InChI is InChI=1S/C23H26N2O4S/c1-2-16-12-13-18(15-22(16)30(28,29)24-19-9-4-3-5-10-19)21-14-17-8-6-7-11-20(17)25(21)23(26)27/h6-8,11-15,19,24H,2-5,9-10H2,1H3,(H,26,27). The number of nitrogens with zero attached hydrogens (tertiary/aromatic N) is 1. The van der Waals surface area contributed by atoms with E-state index < -0.39 is 16.1 Å². The van der Waals surface area contributed by atoms with Gasteiger partial charge in [0.2, 0.25) is 10.0 Å². The topological polar surface area (TPSA) is 88.4 Å². The monoisotopic (exact) mass is 426 g/mol. The minimum absolute atomic E-state index is 0.0393. The summed E-state index contributed by atoms with van der Waals surface area (Å²) < 4.78 is 30.5. The van der Waals surface area contributed by atoms with Crippen molar-refractivity contribution in [1.82, 2.24) is 9.29 Å². The van der Waals surface area contributed by atoms with Crippen molar-refractivity contribution in [3.05, 3.63) is 54.1 Å². The molecule has 0 aliphatic heterocycles. The Morgan fingerprint density at radius 3 is 2.53 bits per heavy atom. The lowest BCUT2D eigenvalue weighted by atomic mass is 9.96. The second-order valence-corrected chi connectivity index (χ2v) is 9.52. The molecule has 30 heavy (non-hydrogen) atoms. The van der Waals surface area contributed by atoms with Gasteiger partial charge in [-0.1, -0.05) is 56.5 Å². The molecule has 0 bridgehead atoms. The average Bonchev–Trinajstić information content (AvgIpc) is 3.13. The van der Waals surface area contributed by atoms with E-state index in [1.807, 2.05) is 19.1 Å². The molecule has 0 radical (unpaired) electrons. The largest absolute Gasteiger partial charge is 0.464 e. The third kappa shape index (κ3) is 3.87. The SMILES string of the molecule is CCc1ccc(-c2cc3ccccc3n2C(=O)O)cc1S(=O)(=O)NC1CCCCC1. The Bertz CT molecular complexity index is 1190. The number of fused-ring (bicyclic) bond motifs is 1. The zero-order chi connectivity index (χ0) is 21.3. The van der Waals surface area contributed by atoms with Crippen molar-refractivity contribution < 1.29 is 18.3 Å². The molecule has 0 unspecified atom stereocenters. The van der Waals surface area contributed by atoms with Crippen molar-refractivity contribution in [2.75, 3.05) is 0 Å². The molecule has 4 rings (SSSR count). The molecular weight excluding hydrogens is 400 g/mol. The summed E-state index contributed by atoms with van der Waals surface area (Å²) in [6.45, 7) is 1.92. The first-order valence-electron chi connectivity index (χ1n) is 10.4. The number of para-hydroxylation sites is 1. The molecule has 2 aromatic carbocycles. The zero-order valence-corrected chi connectivity index (χ0v) is 17.8. The molecule has 1 heterocycles. The van der Waals surface area contributed by atoms with Crippen LogP contribution in [0.3, 0.4) is 0 Å². The summed E-state index contributed by atoms with van der Waals surface area (Å²) in [5, 5.41) is 10.6. The van der Waals surface area contributed by atoms with Crippen molar-refractivity contribution in [2.45, 2.75) is 56.4 Å². The summed E-state index contributed by atoms with van der Waals surface area (Å²) in [6, 6.07) is 14.2. The molecule has 0 atom stereocenters. The summed E-state index contributed by atoms with van der Waals surface area (Å²) >= 11 is 0. The zero-order valence-electron chi connectivity index (χ0n) is 17.0. The molecule has 6 nitrogen and oxygen atoms in total. The van der Waals surface area contributed by atoms with E-state index in [9.17, 15) is 18.3 Å². The predicted octanol–water partition coefficient (Wildman–Crippen LogP) is 5.01. The first kappa shape index (κ1) is 20.6. The fraction of sp³-hybridized carbons (Fsp3) is 0.348. The molecule has 1 aromatic heterocycles. The van der Waals surface area contributed by atoms with Crippen molar-refractivity contribution in [3.8, 4) is 11.3 Å². The van der Waals surface area contributed by atoms with E-state index in [2.05, 4.69) is 4.72 Å². The van der Waals surface area contributed by atoms with Crippen LogP contribution in [0.1, 0.15) is 44.6 Å². The van der Waals surface area contributed by atoms with Gasteiger partial charge in [0, 0.05) is 17.0 Å². The minimum atomic E-state index is -3.70. The lowest BCUT2D eigenvalue weighted by molar-refractivity contribution is 0.198. The summed E-state index contributed by atoms with van der Waals surface area (Å²) in [5.74, 6) is 0. The molecular formula is C23H26N2O4S. The quantitative estimate of drug-likeness (QED) is 0.600. The van der Waals surface area contributed by atoms with Crippen LogP contribution in [0.15, 0.2) is 53.4 Å². The number of carboxylic acid groups (broad SMARTS) is 1. The second-order valence-electron chi connectivity index (χ2n) is 7.84. The number of nitrogens with one attached hydrogen (secondary N) is 1. The van der Waals surface area contributed by atoms with Gasteiger partial charge in [-0.05, 0) is 43.0 Å². The van der Waals surface area contributed by atoms with Crippen molar-refractivity contribution >= 4 is 27.0 Å². The first-order chi connectivity index (χ1) is 14.4. The van der Waals surface area contributed by atoms with Crippen LogP contribution in [0.5, 0.6) is 0 Å². The Kier molecular flexibility index (Phi) is 5.66. The van der Waals surface area contributed by atoms with Crippen molar-refractivity contribution in [3.63, 3.8) is 0 Å². The number of benzene rings is 2. The minimum Gasteiger partial charge on any atom is -0.464 e. The van der Waals surface area contributed by atoms with Crippen LogP contribution in [0, 0.1) is 0 Å². The van der Waals surface area contributed by atoms with Gasteiger partial charge in [0.1, 0.15) is 0 Å². The van der Waals surface area contributed by atoms with Gasteiger partial charge in [0.15, 0.2) is 0 Å². The van der Waals surface area contributed by atoms with Crippen LogP contribution in [0.4, 0.5) is 4.79 Å². The van der Waals surface area contributed by atoms with Crippen LogP contribution in [0.2, 0.25) is 0 Å². The number of carbonyl (C=O) groups is 1. The van der Waals surface area contributed by atoms with Crippen molar-refractivity contribution in [2.24, 2.45) is 0 Å². The summed E-state index contributed by atoms with van der Waals surface area (Å²) in [4.78, 5) is 12.2. The molecule has 158 valence electrons. The van der Waals surface area contributed by atoms with Gasteiger partial charge >= 0.3 is 6.09 Å². The average molecular weight is 427 g/mol. The van der Waals surface area contributed by atoms with Gasteiger partial charge in [-0.3, -0.25) is 0 Å². The highest BCUT2D eigenvalue weighted by molar-refractivity contribution is 7.89. The molecule has 1 fully saturated rings.